The minimum Gasteiger partial charge on any atom is -0.293 e. The van der Waals surface area contributed by atoms with Crippen LogP contribution in [0.3, 0.4) is 0 Å². The third-order valence-electron chi connectivity index (χ3n) is 2.38. The normalized spacial score (nSPS) is 10.3. The molecule has 0 saturated carbocycles. The number of nitrogens with zero attached hydrogens (tertiary/aromatic N) is 1. The Morgan fingerprint density at radius 1 is 1.22 bits per heavy atom. The molecule has 0 bridgehead atoms. The van der Waals surface area contributed by atoms with Gasteiger partial charge in [-0.05, 0) is 24.3 Å². The van der Waals surface area contributed by atoms with Crippen molar-refractivity contribution < 1.29 is 9.18 Å². The van der Waals surface area contributed by atoms with E-state index in [-0.39, 0.29) is 11.6 Å². The number of carbonyl (C=O) groups is 1. The zero-order valence-electron chi connectivity index (χ0n) is 9.89. The molecule has 0 atom stereocenters. The molecule has 0 N–H and O–H groups in total. The van der Waals surface area contributed by atoms with Gasteiger partial charge in [0.1, 0.15) is 11.5 Å². The first kappa shape index (κ1) is 12.8. The van der Waals surface area contributed by atoms with Crippen molar-refractivity contribution in [1.82, 2.24) is 4.98 Å². The molecule has 0 radical (unpaired) electrons. The van der Waals surface area contributed by atoms with Crippen LogP contribution in [0.2, 0.25) is 0 Å². The first-order valence-corrected chi connectivity index (χ1v) is 6.49. The lowest BCUT2D eigenvalue weighted by molar-refractivity contribution is 0.101. The topological polar surface area (TPSA) is 30.0 Å². The van der Waals surface area contributed by atoms with Gasteiger partial charge in [-0.1, -0.05) is 18.2 Å². The molecule has 0 unspecified atom stereocenters. The molecular formula is C14H12FNOS. The van der Waals surface area contributed by atoms with Gasteiger partial charge in [0.05, 0.1) is 5.69 Å². The van der Waals surface area contributed by atoms with Crippen LogP contribution in [0, 0.1) is 5.82 Å². The highest BCUT2D eigenvalue weighted by Gasteiger charge is 2.05. The number of halogens is 1. The molecule has 0 aliphatic heterocycles. The Bertz CT molecular complexity index is 571. The van der Waals surface area contributed by atoms with E-state index in [0.29, 0.717) is 16.3 Å². The second-order valence-corrected chi connectivity index (χ2v) is 4.81. The summed E-state index contributed by atoms with van der Waals surface area (Å²) in [6.45, 7) is 1.48. The summed E-state index contributed by atoms with van der Waals surface area (Å²) >= 11 is 1.37. The van der Waals surface area contributed by atoms with Gasteiger partial charge in [-0.3, -0.25) is 4.79 Å². The van der Waals surface area contributed by atoms with E-state index in [4.69, 9.17) is 0 Å². The van der Waals surface area contributed by atoms with Crippen molar-refractivity contribution in [3.8, 4) is 0 Å². The second kappa shape index (κ2) is 5.78. The van der Waals surface area contributed by atoms with E-state index in [9.17, 15) is 9.18 Å². The van der Waals surface area contributed by atoms with Crippen LogP contribution in [0.25, 0.3) is 0 Å². The van der Waals surface area contributed by atoms with Crippen LogP contribution in [0.1, 0.15) is 23.1 Å². The molecule has 92 valence electrons. The number of rotatable bonds is 4. The molecule has 0 saturated heterocycles. The van der Waals surface area contributed by atoms with E-state index in [1.165, 1.54) is 24.8 Å². The number of carbonyl (C=O) groups excluding carboxylic acids is 1. The lowest BCUT2D eigenvalue weighted by atomic mass is 10.2. The average Bonchev–Trinajstić information content (AvgIpc) is 2.38. The summed E-state index contributed by atoms with van der Waals surface area (Å²) in [5.41, 5.74) is 1.22. The second-order valence-electron chi connectivity index (χ2n) is 3.79. The van der Waals surface area contributed by atoms with Gasteiger partial charge in [0.2, 0.25) is 0 Å². The Morgan fingerprint density at radius 3 is 2.72 bits per heavy atom. The monoisotopic (exact) mass is 261 g/mol. The van der Waals surface area contributed by atoms with E-state index in [2.05, 4.69) is 4.98 Å². The third kappa shape index (κ3) is 3.17. The molecule has 0 aliphatic carbocycles. The Kier molecular flexibility index (Phi) is 4.10. The van der Waals surface area contributed by atoms with E-state index >= 15 is 0 Å². The van der Waals surface area contributed by atoms with Gasteiger partial charge in [0, 0.05) is 17.6 Å². The predicted molar refractivity (Wildman–Crippen MR) is 70.2 cm³/mol. The van der Waals surface area contributed by atoms with Crippen molar-refractivity contribution in [3.05, 3.63) is 59.7 Å². The Hall–Kier alpha value is -1.68. The summed E-state index contributed by atoms with van der Waals surface area (Å²) in [4.78, 5) is 16.0. The molecule has 0 aliphatic rings. The van der Waals surface area contributed by atoms with E-state index in [1.54, 1.807) is 30.3 Å². The zero-order valence-corrected chi connectivity index (χ0v) is 10.7. The molecule has 2 aromatic rings. The lowest BCUT2D eigenvalue weighted by Crippen LogP contribution is -1.98. The summed E-state index contributed by atoms with van der Waals surface area (Å²) in [6.07, 6.45) is 0. The fourth-order valence-electron chi connectivity index (χ4n) is 1.47. The Balaban J connectivity index is 2.09. The van der Waals surface area contributed by atoms with Crippen LogP contribution in [-0.4, -0.2) is 10.8 Å². The summed E-state index contributed by atoms with van der Waals surface area (Å²) in [5, 5.41) is 0. The van der Waals surface area contributed by atoms with Gasteiger partial charge in [0.25, 0.3) is 0 Å². The molecular weight excluding hydrogens is 249 g/mol. The molecule has 0 amide bonds. The highest BCUT2D eigenvalue weighted by Crippen LogP contribution is 2.24. The van der Waals surface area contributed by atoms with Gasteiger partial charge >= 0.3 is 0 Å². The standard InChI is InChI=1S/C14H12FNOS/c1-10(17)13-7-4-5-11(16-13)9-18-14-8-3-2-6-12(14)15/h2-8H,9H2,1H3. The van der Waals surface area contributed by atoms with Crippen LogP contribution in [0.4, 0.5) is 4.39 Å². The largest absolute Gasteiger partial charge is 0.293 e. The average molecular weight is 261 g/mol. The maximum Gasteiger partial charge on any atom is 0.178 e. The van der Waals surface area contributed by atoms with Gasteiger partial charge < -0.3 is 0 Å². The number of aromatic nitrogens is 1. The molecule has 1 aromatic carbocycles. The van der Waals surface area contributed by atoms with Crippen LogP contribution in [0.15, 0.2) is 47.4 Å². The highest BCUT2D eigenvalue weighted by molar-refractivity contribution is 7.98. The SMILES string of the molecule is CC(=O)c1cccc(CSc2ccccc2F)n1. The molecule has 4 heteroatoms. The maximum atomic E-state index is 13.4. The predicted octanol–water partition coefficient (Wildman–Crippen LogP) is 3.72. The number of Topliss-reactive ketones (excluding diaryl/α,β-unsaturated/α-hetero) is 1. The Morgan fingerprint density at radius 2 is 2.00 bits per heavy atom. The number of hydrogen-bond acceptors (Lipinski definition) is 3. The molecule has 1 heterocycles. The summed E-state index contributed by atoms with van der Waals surface area (Å²) in [5.74, 6) is 0.250. The number of hydrogen-bond donors (Lipinski definition) is 0. The van der Waals surface area contributed by atoms with Crippen molar-refractivity contribution in [2.45, 2.75) is 17.6 Å². The first-order chi connectivity index (χ1) is 8.66. The van der Waals surface area contributed by atoms with Gasteiger partial charge in [-0.2, -0.15) is 0 Å². The first-order valence-electron chi connectivity index (χ1n) is 5.51. The molecule has 1 aromatic heterocycles. The van der Waals surface area contributed by atoms with Crippen molar-refractivity contribution in [2.75, 3.05) is 0 Å². The minimum atomic E-state index is -0.231. The summed E-state index contributed by atoms with van der Waals surface area (Å²) < 4.78 is 13.4. The van der Waals surface area contributed by atoms with Crippen molar-refractivity contribution in [2.24, 2.45) is 0 Å². The zero-order chi connectivity index (χ0) is 13.0. The molecule has 2 nitrogen and oxygen atoms in total. The van der Waals surface area contributed by atoms with E-state index in [0.717, 1.165) is 5.69 Å². The fourth-order valence-corrected chi connectivity index (χ4v) is 2.31. The minimum absolute atomic E-state index is 0.0623. The summed E-state index contributed by atoms with van der Waals surface area (Å²) in [7, 11) is 0. The molecule has 18 heavy (non-hydrogen) atoms. The molecule has 0 spiro atoms. The molecule has 2 rings (SSSR count). The quantitative estimate of drug-likeness (QED) is 0.620. The number of pyridine rings is 1. The van der Waals surface area contributed by atoms with Crippen molar-refractivity contribution in [1.29, 1.82) is 0 Å². The van der Waals surface area contributed by atoms with Gasteiger partial charge in [0.15, 0.2) is 5.78 Å². The van der Waals surface area contributed by atoms with Gasteiger partial charge in [-0.25, -0.2) is 9.37 Å². The van der Waals surface area contributed by atoms with Crippen molar-refractivity contribution >= 4 is 17.5 Å². The van der Waals surface area contributed by atoms with E-state index < -0.39 is 0 Å². The molecule has 0 fully saturated rings. The van der Waals surface area contributed by atoms with Crippen molar-refractivity contribution in [3.63, 3.8) is 0 Å². The van der Waals surface area contributed by atoms with Crippen LogP contribution in [0.5, 0.6) is 0 Å². The third-order valence-corrected chi connectivity index (χ3v) is 3.46. The number of ketones is 1. The van der Waals surface area contributed by atoms with E-state index in [1.807, 2.05) is 6.07 Å². The Labute approximate surface area is 109 Å². The summed E-state index contributed by atoms with van der Waals surface area (Å²) in [6, 6.07) is 11.9. The fraction of sp³-hybridized carbons (Fsp3) is 0.143. The highest BCUT2D eigenvalue weighted by atomic mass is 32.2. The van der Waals surface area contributed by atoms with Gasteiger partial charge in [-0.15, -0.1) is 11.8 Å². The lowest BCUT2D eigenvalue weighted by Gasteiger charge is -2.03. The van der Waals surface area contributed by atoms with Crippen LogP contribution >= 0.6 is 11.8 Å². The maximum absolute atomic E-state index is 13.4. The van der Waals surface area contributed by atoms with Crippen LogP contribution in [-0.2, 0) is 5.75 Å². The number of thioether (sulfide) groups is 1. The number of benzene rings is 1. The van der Waals surface area contributed by atoms with Crippen LogP contribution < -0.4 is 0 Å². The smallest absolute Gasteiger partial charge is 0.178 e.